The molecule has 168 valence electrons. The predicted molar refractivity (Wildman–Crippen MR) is 116 cm³/mol. The van der Waals surface area contributed by atoms with E-state index in [0.717, 1.165) is 18.2 Å². The van der Waals surface area contributed by atoms with Crippen LogP contribution in [0.15, 0.2) is 47.3 Å². The van der Waals surface area contributed by atoms with Crippen molar-refractivity contribution in [2.45, 2.75) is 33.4 Å². The zero-order valence-corrected chi connectivity index (χ0v) is 17.8. The number of halogens is 2. The largest absolute Gasteiger partial charge is 0.340 e. The van der Waals surface area contributed by atoms with Gasteiger partial charge in [-0.2, -0.15) is 0 Å². The molecule has 3 aromatic rings. The Labute approximate surface area is 182 Å². The molecule has 0 radical (unpaired) electrons. The highest BCUT2D eigenvalue weighted by molar-refractivity contribution is 5.98. The highest BCUT2D eigenvalue weighted by Gasteiger charge is 2.27. The van der Waals surface area contributed by atoms with E-state index in [9.17, 15) is 23.2 Å². The first-order valence-electron chi connectivity index (χ1n) is 10.0. The maximum atomic E-state index is 13.9. The summed E-state index contributed by atoms with van der Waals surface area (Å²) >= 11 is 0. The van der Waals surface area contributed by atoms with Crippen LogP contribution in [-0.2, 0) is 11.3 Å². The minimum atomic E-state index is -1.11. The number of fused-ring (bicyclic) bond motifs is 1. The monoisotopic (exact) mass is 443 g/mol. The van der Waals surface area contributed by atoms with Crippen LogP contribution in [0, 0.1) is 17.6 Å². The number of rotatable bonds is 7. The van der Waals surface area contributed by atoms with Crippen molar-refractivity contribution in [3.05, 3.63) is 70.0 Å². The van der Waals surface area contributed by atoms with Gasteiger partial charge in [-0.15, -0.1) is 0 Å². The summed E-state index contributed by atoms with van der Waals surface area (Å²) in [7, 11) is 0. The quantitative estimate of drug-likeness (QED) is 0.487. The number of aromatic nitrogens is 2. The summed E-state index contributed by atoms with van der Waals surface area (Å²) in [6.07, 6.45) is 0. The molecule has 32 heavy (non-hydrogen) atoms. The Balaban J connectivity index is 1.80. The maximum absolute atomic E-state index is 13.9. The van der Waals surface area contributed by atoms with Crippen molar-refractivity contribution < 1.29 is 18.4 Å². The zero-order valence-electron chi connectivity index (χ0n) is 17.8. The van der Waals surface area contributed by atoms with E-state index in [-0.39, 0.29) is 11.5 Å². The fourth-order valence-electron chi connectivity index (χ4n) is 3.22. The van der Waals surface area contributed by atoms with Crippen LogP contribution in [0.1, 0.15) is 31.1 Å². The van der Waals surface area contributed by atoms with Gasteiger partial charge in [-0.1, -0.05) is 32.0 Å². The third-order valence-corrected chi connectivity index (χ3v) is 4.90. The molecule has 10 heteroatoms. The van der Waals surface area contributed by atoms with Crippen molar-refractivity contribution in [3.8, 4) is 0 Å². The van der Waals surface area contributed by atoms with Crippen LogP contribution in [0.25, 0.3) is 10.9 Å². The van der Waals surface area contributed by atoms with E-state index in [1.54, 1.807) is 45.0 Å². The number of anilines is 1. The van der Waals surface area contributed by atoms with Crippen LogP contribution < -0.4 is 21.7 Å². The Bertz CT molecular complexity index is 1210. The molecule has 1 heterocycles. The van der Waals surface area contributed by atoms with Gasteiger partial charge in [-0.05, 0) is 37.1 Å². The fourth-order valence-corrected chi connectivity index (χ4v) is 3.22. The lowest BCUT2D eigenvalue weighted by Gasteiger charge is -2.22. The number of carbonyl (C=O) groups is 2. The normalized spacial score (nSPS) is 11.9. The molecule has 8 nitrogen and oxygen atoms in total. The molecule has 0 bridgehead atoms. The zero-order chi connectivity index (χ0) is 23.4. The molecule has 2 amide bonds. The van der Waals surface area contributed by atoms with Crippen molar-refractivity contribution in [1.82, 2.24) is 20.3 Å². The smallest absolute Gasteiger partial charge is 0.262 e. The molecular weight excluding hydrogens is 420 g/mol. The molecule has 3 N–H and O–H groups in total. The number of nitrogens with zero attached hydrogens (tertiary/aromatic N) is 2. The second-order valence-corrected chi connectivity index (χ2v) is 7.41. The van der Waals surface area contributed by atoms with Gasteiger partial charge in [0, 0.05) is 6.54 Å². The van der Waals surface area contributed by atoms with Crippen LogP contribution in [0.5, 0.6) is 0 Å². The number of hydrogen-bond acceptors (Lipinski definition) is 5. The van der Waals surface area contributed by atoms with Crippen molar-refractivity contribution in [3.63, 3.8) is 0 Å². The summed E-state index contributed by atoms with van der Waals surface area (Å²) < 4.78 is 29.2. The van der Waals surface area contributed by atoms with Crippen LogP contribution in [-0.4, -0.2) is 27.4 Å². The molecular formula is C22H23F2N5O3. The number of carbonyl (C=O) groups excluding carboxylic acids is 2. The van der Waals surface area contributed by atoms with Gasteiger partial charge < -0.3 is 5.32 Å². The lowest BCUT2D eigenvalue weighted by Crippen LogP contribution is -2.51. The Kier molecular flexibility index (Phi) is 6.82. The average molecular weight is 443 g/mol. The minimum Gasteiger partial charge on any atom is -0.340 e. The molecule has 0 fully saturated rings. The Hall–Kier alpha value is -3.82. The molecule has 0 aliphatic heterocycles. The first kappa shape index (κ1) is 22.9. The Morgan fingerprint density at radius 3 is 2.34 bits per heavy atom. The predicted octanol–water partition coefficient (Wildman–Crippen LogP) is 2.59. The number of para-hydroxylation sites is 1. The maximum Gasteiger partial charge on any atom is 0.262 e. The van der Waals surface area contributed by atoms with E-state index in [1.807, 2.05) is 0 Å². The summed E-state index contributed by atoms with van der Waals surface area (Å²) in [5.41, 5.74) is 4.44. The van der Waals surface area contributed by atoms with E-state index < -0.39 is 41.0 Å². The van der Waals surface area contributed by atoms with Gasteiger partial charge in [-0.3, -0.25) is 29.8 Å². The lowest BCUT2D eigenvalue weighted by atomic mass is 10.0. The highest BCUT2D eigenvalue weighted by Crippen LogP contribution is 2.14. The number of amides is 2. The first-order valence-corrected chi connectivity index (χ1v) is 10.0. The lowest BCUT2D eigenvalue weighted by molar-refractivity contribution is -0.123. The van der Waals surface area contributed by atoms with Crippen molar-refractivity contribution in [2.75, 3.05) is 5.43 Å². The molecule has 1 aromatic heterocycles. The number of hydrogen-bond donors (Lipinski definition) is 3. The molecule has 0 unspecified atom stereocenters. The topological polar surface area (TPSA) is 105 Å². The van der Waals surface area contributed by atoms with E-state index in [2.05, 4.69) is 21.2 Å². The number of hydrazine groups is 1. The molecule has 2 aromatic carbocycles. The third kappa shape index (κ3) is 4.58. The van der Waals surface area contributed by atoms with E-state index in [0.29, 0.717) is 17.4 Å². The second kappa shape index (κ2) is 9.54. The van der Waals surface area contributed by atoms with Gasteiger partial charge in [0.25, 0.3) is 17.4 Å². The molecule has 3 rings (SSSR count). The van der Waals surface area contributed by atoms with Crippen molar-refractivity contribution >= 4 is 28.7 Å². The summed E-state index contributed by atoms with van der Waals surface area (Å²) in [6.45, 7) is 5.38. The highest BCUT2D eigenvalue weighted by atomic mass is 19.1. The fraction of sp³-hybridized carbons (Fsp3) is 0.273. The molecule has 0 saturated carbocycles. The molecule has 0 saturated heterocycles. The number of nitrogens with one attached hydrogen (secondary N) is 3. The van der Waals surface area contributed by atoms with E-state index >= 15 is 0 Å². The molecule has 0 aliphatic carbocycles. The second-order valence-electron chi connectivity index (χ2n) is 7.41. The molecule has 0 spiro atoms. The van der Waals surface area contributed by atoms with Crippen LogP contribution in [0.3, 0.4) is 0 Å². The first-order chi connectivity index (χ1) is 15.2. The Morgan fingerprint density at radius 1 is 1.06 bits per heavy atom. The average Bonchev–Trinajstić information content (AvgIpc) is 2.75. The van der Waals surface area contributed by atoms with Gasteiger partial charge in [-0.25, -0.2) is 13.8 Å². The minimum absolute atomic E-state index is 0.110. The number of benzene rings is 2. The van der Waals surface area contributed by atoms with Crippen LogP contribution in [0.2, 0.25) is 0 Å². The summed E-state index contributed by atoms with van der Waals surface area (Å²) in [6, 6.07) is 8.74. The van der Waals surface area contributed by atoms with E-state index in [4.69, 9.17) is 0 Å². The van der Waals surface area contributed by atoms with Gasteiger partial charge in [0.05, 0.1) is 10.9 Å². The SMILES string of the molecule is CCn1c(NNC(=O)[C@@H](NC(=O)c2c(F)cccc2F)C(C)C)nc2ccccc2c1=O. The van der Waals surface area contributed by atoms with Crippen molar-refractivity contribution in [1.29, 1.82) is 0 Å². The molecule has 0 aliphatic rings. The summed E-state index contributed by atoms with van der Waals surface area (Å²) in [5.74, 6) is -4.09. The summed E-state index contributed by atoms with van der Waals surface area (Å²) in [5, 5.41) is 2.80. The van der Waals surface area contributed by atoms with Gasteiger partial charge in [0.1, 0.15) is 23.2 Å². The summed E-state index contributed by atoms with van der Waals surface area (Å²) in [4.78, 5) is 42.2. The van der Waals surface area contributed by atoms with Crippen LogP contribution in [0.4, 0.5) is 14.7 Å². The van der Waals surface area contributed by atoms with Gasteiger partial charge in [0.2, 0.25) is 5.95 Å². The standard InChI is InChI=1S/C22H23F2N5O3/c1-4-29-21(32)13-8-5-6-11-16(13)25-22(29)28-27-20(31)18(12(2)3)26-19(30)17-14(23)9-7-10-15(17)24/h5-12,18H,4H2,1-3H3,(H,25,28)(H,26,30)(H,27,31)/t18-/m0/s1. The van der Waals surface area contributed by atoms with Crippen molar-refractivity contribution in [2.24, 2.45) is 5.92 Å². The van der Waals surface area contributed by atoms with Gasteiger partial charge in [0.15, 0.2) is 0 Å². The molecule has 1 atom stereocenters. The Morgan fingerprint density at radius 2 is 1.72 bits per heavy atom. The van der Waals surface area contributed by atoms with E-state index in [1.165, 1.54) is 4.57 Å². The van der Waals surface area contributed by atoms with Gasteiger partial charge >= 0.3 is 0 Å². The van der Waals surface area contributed by atoms with Crippen LogP contribution >= 0.6 is 0 Å². The third-order valence-electron chi connectivity index (χ3n) is 4.90.